The Morgan fingerprint density at radius 2 is 1.21 bits per heavy atom. The average Bonchev–Trinajstić information content (AvgIpc) is 2.81. The first-order chi connectivity index (χ1) is 16.4. The minimum atomic E-state index is -4.21. The molecule has 0 aromatic carbocycles. The lowest BCUT2D eigenvalue weighted by Crippen LogP contribution is -2.22. The normalized spacial score (nSPS) is 14.5. The van der Waals surface area contributed by atoms with Crippen molar-refractivity contribution in [1.29, 1.82) is 0 Å². The van der Waals surface area contributed by atoms with Crippen LogP contribution in [0.2, 0.25) is 0 Å². The van der Waals surface area contributed by atoms with Gasteiger partial charge in [-0.05, 0) is 20.0 Å². The second-order valence-corrected chi connectivity index (χ2v) is 10.9. The highest BCUT2D eigenvalue weighted by Crippen LogP contribution is 2.43. The number of likely N-dealkylation sites (N-methyl/N-ethyl adjacent to an activating group) is 1. The molecule has 0 aromatic rings. The highest BCUT2D eigenvalue weighted by atomic mass is 31.2. The van der Waals surface area contributed by atoms with Gasteiger partial charge in [-0.15, -0.1) is 0 Å². The molecule has 0 saturated carbocycles. The molecule has 0 rings (SSSR count). The topological polar surface area (TPSA) is 68.2 Å². The lowest BCUT2D eigenvalue weighted by molar-refractivity contribution is 0.0432. The molecule has 0 radical (unpaired) electrons. The third-order valence-corrected chi connectivity index (χ3v) is 7.11. The summed E-state index contributed by atoms with van der Waals surface area (Å²) in [5.74, 6) is 0. The van der Waals surface area contributed by atoms with E-state index >= 15 is 0 Å². The van der Waals surface area contributed by atoms with Crippen molar-refractivity contribution >= 4 is 7.82 Å². The van der Waals surface area contributed by atoms with Gasteiger partial charge in [-0.25, -0.2) is 8.96 Å². The fourth-order valence-electron chi connectivity index (χ4n) is 3.69. The molecule has 0 aliphatic carbocycles. The van der Waals surface area contributed by atoms with Gasteiger partial charge in [0.1, 0.15) is 6.17 Å². The molecule has 0 aliphatic rings. The van der Waals surface area contributed by atoms with Crippen molar-refractivity contribution in [2.75, 3.05) is 46.6 Å². The van der Waals surface area contributed by atoms with Crippen LogP contribution in [0.25, 0.3) is 0 Å². The second-order valence-electron chi connectivity index (χ2n) is 9.47. The molecular formula is C26H55FNO5P. The van der Waals surface area contributed by atoms with E-state index in [9.17, 15) is 13.8 Å². The number of unbranched alkanes of at least 4 members (excludes halogenated alkanes) is 15. The van der Waals surface area contributed by atoms with Gasteiger partial charge in [0.25, 0.3) is 0 Å². The number of alkyl halides is 1. The van der Waals surface area contributed by atoms with Crippen LogP contribution in [-0.2, 0) is 18.3 Å². The predicted octanol–water partition coefficient (Wildman–Crippen LogP) is 7.69. The summed E-state index contributed by atoms with van der Waals surface area (Å²) in [5, 5.41) is 0. The molecule has 0 heterocycles. The summed E-state index contributed by atoms with van der Waals surface area (Å²) in [6.07, 6.45) is 19.6. The first-order valence-corrected chi connectivity index (χ1v) is 15.4. The van der Waals surface area contributed by atoms with Gasteiger partial charge in [-0.3, -0.25) is 9.05 Å². The van der Waals surface area contributed by atoms with Gasteiger partial charge < -0.3 is 14.5 Å². The van der Waals surface area contributed by atoms with Gasteiger partial charge in [0, 0.05) is 13.2 Å². The maximum absolute atomic E-state index is 13.8. The SMILES string of the molecule is CCCCCCCCCCCCCCCCCCOCC(F)COP(=O)(O)OCCN(C)CC. The third-order valence-electron chi connectivity index (χ3n) is 6.13. The van der Waals surface area contributed by atoms with Gasteiger partial charge >= 0.3 is 7.82 Å². The van der Waals surface area contributed by atoms with Crippen molar-refractivity contribution in [2.24, 2.45) is 0 Å². The summed E-state index contributed by atoms with van der Waals surface area (Å²) >= 11 is 0. The monoisotopic (exact) mass is 511 g/mol. The quantitative estimate of drug-likeness (QED) is 0.0901. The molecular weight excluding hydrogens is 456 g/mol. The Balaban J connectivity index is 3.35. The smallest absolute Gasteiger partial charge is 0.378 e. The fraction of sp³-hybridized carbons (Fsp3) is 1.00. The van der Waals surface area contributed by atoms with Gasteiger partial charge in [-0.1, -0.05) is 110 Å². The van der Waals surface area contributed by atoms with Crippen LogP contribution >= 0.6 is 7.82 Å². The zero-order valence-corrected chi connectivity index (χ0v) is 23.4. The molecule has 0 aromatic heterocycles. The van der Waals surface area contributed by atoms with Gasteiger partial charge in [-0.2, -0.15) is 0 Å². The second kappa shape index (κ2) is 24.6. The van der Waals surface area contributed by atoms with E-state index in [4.69, 9.17) is 13.8 Å². The molecule has 0 fully saturated rings. The summed E-state index contributed by atoms with van der Waals surface area (Å²) in [6, 6.07) is 0. The molecule has 1 N–H and O–H groups in total. The lowest BCUT2D eigenvalue weighted by Gasteiger charge is -2.17. The largest absolute Gasteiger partial charge is 0.472 e. The molecule has 2 unspecified atom stereocenters. The number of hydrogen-bond donors (Lipinski definition) is 1. The third kappa shape index (κ3) is 25.1. The molecule has 2 atom stereocenters. The Morgan fingerprint density at radius 1 is 0.735 bits per heavy atom. The number of ether oxygens (including phenoxy) is 1. The number of rotatable bonds is 27. The van der Waals surface area contributed by atoms with Crippen LogP contribution in [0.5, 0.6) is 0 Å². The van der Waals surface area contributed by atoms with E-state index < -0.39 is 20.6 Å². The molecule has 206 valence electrons. The summed E-state index contributed by atoms with van der Waals surface area (Å²) in [7, 11) is -2.34. The highest BCUT2D eigenvalue weighted by molar-refractivity contribution is 7.47. The summed E-state index contributed by atoms with van der Waals surface area (Å²) < 4.78 is 40.4. The average molecular weight is 512 g/mol. The fourth-order valence-corrected chi connectivity index (χ4v) is 4.43. The molecule has 6 nitrogen and oxygen atoms in total. The van der Waals surface area contributed by atoms with Crippen molar-refractivity contribution in [1.82, 2.24) is 4.90 Å². The Kier molecular flexibility index (Phi) is 24.6. The zero-order chi connectivity index (χ0) is 25.3. The van der Waals surface area contributed by atoms with Gasteiger partial charge in [0.15, 0.2) is 0 Å². The molecule has 0 aliphatic heterocycles. The maximum Gasteiger partial charge on any atom is 0.472 e. The molecule has 0 spiro atoms. The van der Waals surface area contributed by atoms with E-state index in [0.29, 0.717) is 13.2 Å². The molecule has 0 bridgehead atoms. The van der Waals surface area contributed by atoms with Crippen LogP contribution in [0.1, 0.15) is 117 Å². The molecule has 34 heavy (non-hydrogen) atoms. The van der Waals surface area contributed by atoms with Crippen LogP contribution in [0, 0.1) is 0 Å². The molecule has 0 saturated heterocycles. The summed E-state index contributed by atoms with van der Waals surface area (Å²) in [6.45, 7) is 5.50. The zero-order valence-electron chi connectivity index (χ0n) is 22.5. The number of phosphoric ester groups is 1. The first-order valence-electron chi connectivity index (χ1n) is 13.9. The summed E-state index contributed by atoms with van der Waals surface area (Å²) in [5.41, 5.74) is 0. The van der Waals surface area contributed by atoms with Crippen LogP contribution in [0.3, 0.4) is 0 Å². The summed E-state index contributed by atoms with van der Waals surface area (Å²) in [4.78, 5) is 11.5. The highest BCUT2D eigenvalue weighted by Gasteiger charge is 2.23. The molecule has 0 amide bonds. The molecule has 8 heteroatoms. The van der Waals surface area contributed by atoms with E-state index in [2.05, 4.69) is 6.92 Å². The van der Waals surface area contributed by atoms with E-state index in [1.807, 2.05) is 18.9 Å². The standard InChI is InChI=1S/C26H55FNO5P/c1-4-6-7-8-9-10-11-12-13-14-15-16-17-18-19-20-22-31-24-26(27)25-33-34(29,30)32-23-21-28(3)5-2/h26H,4-25H2,1-3H3,(H,29,30). The van der Waals surface area contributed by atoms with Crippen LogP contribution < -0.4 is 0 Å². The van der Waals surface area contributed by atoms with Crippen LogP contribution in [-0.4, -0.2) is 62.5 Å². The van der Waals surface area contributed by atoms with Crippen molar-refractivity contribution in [3.8, 4) is 0 Å². The predicted molar refractivity (Wildman–Crippen MR) is 140 cm³/mol. The van der Waals surface area contributed by atoms with E-state index in [0.717, 1.165) is 19.4 Å². The van der Waals surface area contributed by atoms with Crippen LogP contribution in [0.15, 0.2) is 0 Å². The van der Waals surface area contributed by atoms with E-state index in [1.165, 1.54) is 89.9 Å². The maximum atomic E-state index is 13.8. The van der Waals surface area contributed by atoms with Crippen molar-refractivity contribution in [3.63, 3.8) is 0 Å². The van der Waals surface area contributed by atoms with E-state index in [-0.39, 0.29) is 13.2 Å². The van der Waals surface area contributed by atoms with Gasteiger partial charge in [0.2, 0.25) is 0 Å². The van der Waals surface area contributed by atoms with Gasteiger partial charge in [0.05, 0.1) is 19.8 Å². The van der Waals surface area contributed by atoms with Crippen molar-refractivity contribution in [2.45, 2.75) is 123 Å². The number of hydrogen-bond acceptors (Lipinski definition) is 5. The number of phosphoric acid groups is 1. The number of nitrogens with zero attached hydrogens (tertiary/aromatic N) is 1. The lowest BCUT2D eigenvalue weighted by atomic mass is 10.0. The Hall–Kier alpha value is -0.0400. The van der Waals surface area contributed by atoms with Crippen molar-refractivity contribution < 1.29 is 27.6 Å². The van der Waals surface area contributed by atoms with Crippen molar-refractivity contribution in [3.05, 3.63) is 0 Å². The van der Waals surface area contributed by atoms with Crippen LogP contribution in [0.4, 0.5) is 4.39 Å². The minimum Gasteiger partial charge on any atom is -0.378 e. The minimum absolute atomic E-state index is 0.0603. The Morgan fingerprint density at radius 3 is 1.68 bits per heavy atom. The Labute approximate surface area is 209 Å². The number of halogens is 1. The van der Waals surface area contributed by atoms with E-state index in [1.54, 1.807) is 0 Å². The Bertz CT molecular complexity index is 472. The first kappa shape index (κ1) is 34.0.